The van der Waals surface area contributed by atoms with Crippen LogP contribution in [-0.4, -0.2) is 29.7 Å². The standard InChI is InChI=1S/C9H10N2O3/c1-14-6-4-11-8(9(12)13)7-5(6)2-3-10-7/h4,10H,2-3H2,1H3,(H,12,13). The van der Waals surface area contributed by atoms with E-state index < -0.39 is 5.97 Å². The first-order chi connectivity index (χ1) is 6.74. The first kappa shape index (κ1) is 8.80. The Kier molecular flexibility index (Phi) is 1.99. The molecule has 2 rings (SSSR count). The molecule has 0 atom stereocenters. The summed E-state index contributed by atoms with van der Waals surface area (Å²) in [6.45, 7) is 0.734. The Morgan fingerprint density at radius 3 is 3.14 bits per heavy atom. The van der Waals surface area contributed by atoms with Gasteiger partial charge in [-0.1, -0.05) is 0 Å². The number of carboxylic acids is 1. The fourth-order valence-corrected chi connectivity index (χ4v) is 1.62. The van der Waals surface area contributed by atoms with E-state index in [1.807, 2.05) is 0 Å². The maximum absolute atomic E-state index is 10.8. The van der Waals surface area contributed by atoms with Gasteiger partial charge in [0.15, 0.2) is 5.69 Å². The summed E-state index contributed by atoms with van der Waals surface area (Å²) in [6, 6.07) is 0. The van der Waals surface area contributed by atoms with Gasteiger partial charge in [-0.15, -0.1) is 0 Å². The van der Waals surface area contributed by atoms with Crippen LogP contribution >= 0.6 is 0 Å². The van der Waals surface area contributed by atoms with E-state index in [9.17, 15) is 4.79 Å². The second-order valence-electron chi connectivity index (χ2n) is 3.01. The maximum atomic E-state index is 10.8. The van der Waals surface area contributed by atoms with Crippen molar-refractivity contribution in [2.75, 3.05) is 19.0 Å². The lowest BCUT2D eigenvalue weighted by Gasteiger charge is -2.07. The van der Waals surface area contributed by atoms with Crippen LogP contribution in [0.25, 0.3) is 0 Å². The molecule has 5 heteroatoms. The topological polar surface area (TPSA) is 71.5 Å². The molecule has 0 spiro atoms. The van der Waals surface area contributed by atoms with Gasteiger partial charge < -0.3 is 15.2 Å². The molecule has 0 saturated heterocycles. The van der Waals surface area contributed by atoms with E-state index in [1.165, 1.54) is 6.20 Å². The van der Waals surface area contributed by atoms with Gasteiger partial charge in [-0.2, -0.15) is 0 Å². The third-order valence-corrected chi connectivity index (χ3v) is 2.25. The number of rotatable bonds is 2. The molecule has 5 nitrogen and oxygen atoms in total. The Labute approximate surface area is 80.7 Å². The average molecular weight is 194 g/mol. The molecule has 0 bridgehead atoms. The number of pyridine rings is 1. The number of aromatic carboxylic acids is 1. The molecule has 1 aliphatic heterocycles. The molecule has 0 aromatic carbocycles. The largest absolute Gasteiger partial charge is 0.495 e. The first-order valence-corrected chi connectivity index (χ1v) is 4.27. The van der Waals surface area contributed by atoms with Crippen LogP contribution in [0, 0.1) is 0 Å². The number of hydrogen-bond donors (Lipinski definition) is 2. The molecule has 0 aliphatic carbocycles. The maximum Gasteiger partial charge on any atom is 0.356 e. The molecule has 1 aromatic heterocycles. The second-order valence-corrected chi connectivity index (χ2v) is 3.01. The van der Waals surface area contributed by atoms with E-state index in [0.29, 0.717) is 11.4 Å². The molecular formula is C9H10N2O3. The zero-order valence-electron chi connectivity index (χ0n) is 7.70. The number of nitrogens with zero attached hydrogens (tertiary/aromatic N) is 1. The van der Waals surface area contributed by atoms with Crippen molar-refractivity contribution in [3.05, 3.63) is 17.5 Å². The monoisotopic (exact) mass is 194 g/mol. The van der Waals surface area contributed by atoms with Crippen LogP contribution in [0.5, 0.6) is 5.75 Å². The van der Waals surface area contributed by atoms with Gasteiger partial charge >= 0.3 is 5.97 Å². The number of anilines is 1. The Hall–Kier alpha value is -1.78. The van der Waals surface area contributed by atoms with Gasteiger partial charge in [0.25, 0.3) is 0 Å². The number of nitrogens with one attached hydrogen (secondary N) is 1. The van der Waals surface area contributed by atoms with Crippen molar-refractivity contribution >= 4 is 11.7 Å². The SMILES string of the molecule is COc1cnc(C(=O)O)c2c1CCN2. The minimum Gasteiger partial charge on any atom is -0.495 e. The minimum atomic E-state index is -1.02. The number of fused-ring (bicyclic) bond motifs is 1. The van der Waals surface area contributed by atoms with E-state index >= 15 is 0 Å². The molecule has 0 amide bonds. The molecule has 1 aromatic rings. The number of hydrogen-bond acceptors (Lipinski definition) is 4. The predicted molar refractivity (Wildman–Crippen MR) is 49.9 cm³/mol. The lowest BCUT2D eigenvalue weighted by Crippen LogP contribution is -2.05. The van der Waals surface area contributed by atoms with E-state index in [1.54, 1.807) is 7.11 Å². The first-order valence-electron chi connectivity index (χ1n) is 4.27. The van der Waals surface area contributed by atoms with Crippen LogP contribution in [0.1, 0.15) is 16.1 Å². The number of ether oxygens (including phenoxy) is 1. The van der Waals surface area contributed by atoms with E-state index in [0.717, 1.165) is 18.5 Å². The normalized spacial score (nSPS) is 13.2. The fraction of sp³-hybridized carbons (Fsp3) is 0.333. The summed E-state index contributed by atoms with van der Waals surface area (Å²) in [5.74, 6) is -0.367. The van der Waals surface area contributed by atoms with Crippen LogP contribution < -0.4 is 10.1 Å². The van der Waals surface area contributed by atoms with Gasteiger partial charge in [0.1, 0.15) is 5.75 Å². The van der Waals surface area contributed by atoms with Crippen molar-refractivity contribution < 1.29 is 14.6 Å². The van der Waals surface area contributed by atoms with Crippen LogP contribution in [0.15, 0.2) is 6.20 Å². The number of carboxylic acid groups (broad SMARTS) is 1. The summed E-state index contributed by atoms with van der Waals surface area (Å²) in [4.78, 5) is 14.7. The van der Waals surface area contributed by atoms with Gasteiger partial charge in [-0.3, -0.25) is 0 Å². The quantitative estimate of drug-likeness (QED) is 0.727. The van der Waals surface area contributed by atoms with Crippen LogP contribution in [0.2, 0.25) is 0 Å². The zero-order valence-corrected chi connectivity index (χ0v) is 7.70. The molecule has 0 radical (unpaired) electrons. The van der Waals surface area contributed by atoms with Gasteiger partial charge in [-0.05, 0) is 6.42 Å². The lowest BCUT2D eigenvalue weighted by atomic mass is 10.1. The smallest absolute Gasteiger partial charge is 0.356 e. The van der Waals surface area contributed by atoms with E-state index in [4.69, 9.17) is 9.84 Å². The molecule has 14 heavy (non-hydrogen) atoms. The van der Waals surface area contributed by atoms with Gasteiger partial charge in [0.2, 0.25) is 0 Å². The molecule has 1 aliphatic rings. The highest BCUT2D eigenvalue weighted by molar-refractivity contribution is 5.94. The Morgan fingerprint density at radius 1 is 1.71 bits per heavy atom. The minimum absolute atomic E-state index is 0.0679. The van der Waals surface area contributed by atoms with E-state index in [-0.39, 0.29) is 5.69 Å². The number of carbonyl (C=O) groups is 1. The van der Waals surface area contributed by atoms with Crippen LogP contribution in [0.4, 0.5) is 5.69 Å². The highest BCUT2D eigenvalue weighted by Crippen LogP contribution is 2.32. The van der Waals surface area contributed by atoms with Crippen molar-refractivity contribution in [3.8, 4) is 5.75 Å². The molecule has 2 heterocycles. The Bertz CT molecular complexity index is 390. The Morgan fingerprint density at radius 2 is 2.50 bits per heavy atom. The van der Waals surface area contributed by atoms with Crippen molar-refractivity contribution in [2.24, 2.45) is 0 Å². The molecular weight excluding hydrogens is 184 g/mol. The molecule has 74 valence electrons. The van der Waals surface area contributed by atoms with Crippen molar-refractivity contribution in [2.45, 2.75) is 6.42 Å². The summed E-state index contributed by atoms with van der Waals surface area (Å²) in [5.41, 5.74) is 1.56. The third-order valence-electron chi connectivity index (χ3n) is 2.25. The highest BCUT2D eigenvalue weighted by atomic mass is 16.5. The van der Waals surface area contributed by atoms with Crippen molar-refractivity contribution in [3.63, 3.8) is 0 Å². The molecule has 0 unspecified atom stereocenters. The average Bonchev–Trinajstić information content (AvgIpc) is 2.64. The Balaban J connectivity index is 2.58. The number of methoxy groups -OCH3 is 1. The van der Waals surface area contributed by atoms with Crippen molar-refractivity contribution in [1.29, 1.82) is 0 Å². The van der Waals surface area contributed by atoms with Crippen LogP contribution in [-0.2, 0) is 6.42 Å². The molecule has 0 fully saturated rings. The lowest BCUT2D eigenvalue weighted by molar-refractivity contribution is 0.0691. The summed E-state index contributed by atoms with van der Waals surface area (Å²) in [7, 11) is 1.55. The second kappa shape index (κ2) is 3.17. The summed E-state index contributed by atoms with van der Waals surface area (Å²) in [5, 5.41) is 11.9. The van der Waals surface area contributed by atoms with E-state index in [2.05, 4.69) is 10.3 Å². The highest BCUT2D eigenvalue weighted by Gasteiger charge is 2.23. The molecule has 2 N–H and O–H groups in total. The third kappa shape index (κ3) is 1.17. The van der Waals surface area contributed by atoms with Crippen LogP contribution in [0.3, 0.4) is 0 Å². The number of aromatic nitrogens is 1. The summed E-state index contributed by atoms with van der Waals surface area (Å²) >= 11 is 0. The van der Waals surface area contributed by atoms with Crippen molar-refractivity contribution in [1.82, 2.24) is 4.98 Å². The van der Waals surface area contributed by atoms with Gasteiger partial charge in [-0.25, -0.2) is 9.78 Å². The predicted octanol–water partition coefficient (Wildman–Crippen LogP) is 0.756. The molecule has 0 saturated carbocycles. The van der Waals surface area contributed by atoms with Gasteiger partial charge in [0.05, 0.1) is 19.0 Å². The summed E-state index contributed by atoms with van der Waals surface area (Å²) < 4.78 is 5.10. The summed E-state index contributed by atoms with van der Waals surface area (Å²) in [6.07, 6.45) is 2.23. The van der Waals surface area contributed by atoms with Gasteiger partial charge in [0, 0.05) is 12.1 Å². The fourth-order valence-electron chi connectivity index (χ4n) is 1.62. The zero-order chi connectivity index (χ0) is 10.1.